The smallest absolute Gasteiger partial charge is 0.348 e. The van der Waals surface area contributed by atoms with Crippen molar-refractivity contribution in [3.05, 3.63) is 96.3 Å². The highest BCUT2D eigenvalue weighted by Gasteiger charge is 2.33. The zero-order chi connectivity index (χ0) is 21.1. The first-order chi connectivity index (χ1) is 14.4. The molecule has 4 aromatic rings. The Kier molecular flexibility index (Phi) is 5.09. The molecule has 4 rings (SSSR count). The van der Waals surface area contributed by atoms with E-state index in [4.69, 9.17) is 0 Å². The number of alkyl halides is 3. The molecule has 0 spiro atoms. The molecule has 0 fully saturated rings. The highest BCUT2D eigenvalue weighted by Crippen LogP contribution is 2.27. The second kappa shape index (κ2) is 7.86. The van der Waals surface area contributed by atoms with Crippen LogP contribution < -0.4 is 5.32 Å². The number of carbonyl (C=O) groups is 1. The van der Waals surface area contributed by atoms with E-state index in [0.717, 1.165) is 22.0 Å². The zero-order valence-electron chi connectivity index (χ0n) is 15.5. The van der Waals surface area contributed by atoms with E-state index in [9.17, 15) is 18.0 Å². The minimum atomic E-state index is -4.50. The Balaban J connectivity index is 1.45. The number of hydrogen-bond acceptors (Lipinski definition) is 3. The quantitative estimate of drug-likeness (QED) is 0.540. The predicted octanol–water partition coefficient (Wildman–Crippen LogP) is 4.01. The summed E-state index contributed by atoms with van der Waals surface area (Å²) >= 11 is 0. The van der Waals surface area contributed by atoms with E-state index in [1.807, 2.05) is 35.0 Å². The van der Waals surface area contributed by atoms with Crippen LogP contribution in [-0.4, -0.2) is 25.2 Å². The van der Waals surface area contributed by atoms with Crippen molar-refractivity contribution in [3.8, 4) is 11.4 Å². The van der Waals surface area contributed by atoms with Crippen LogP contribution in [-0.2, 0) is 12.7 Å². The lowest BCUT2D eigenvalue weighted by molar-refractivity contribution is -0.141. The SMILES string of the molecule is O=C(NCc1ccccc1-n1ccnc1)c1ccc(-n2ccc(C(F)(F)F)n2)cc1. The lowest BCUT2D eigenvalue weighted by Crippen LogP contribution is -2.23. The second-order valence-corrected chi connectivity index (χ2v) is 6.47. The molecule has 0 atom stereocenters. The molecule has 0 saturated heterocycles. The van der Waals surface area contributed by atoms with Gasteiger partial charge in [-0.2, -0.15) is 18.3 Å². The molecule has 2 heterocycles. The lowest BCUT2D eigenvalue weighted by Gasteiger charge is -2.11. The third kappa shape index (κ3) is 4.09. The summed E-state index contributed by atoms with van der Waals surface area (Å²) in [7, 11) is 0. The molecule has 0 radical (unpaired) electrons. The summed E-state index contributed by atoms with van der Waals surface area (Å²) in [5.41, 5.74) is 1.66. The number of nitrogens with zero attached hydrogens (tertiary/aromatic N) is 4. The third-order valence-electron chi connectivity index (χ3n) is 4.49. The van der Waals surface area contributed by atoms with Gasteiger partial charge in [0.2, 0.25) is 0 Å². The Morgan fingerprint density at radius 2 is 1.77 bits per heavy atom. The monoisotopic (exact) mass is 411 g/mol. The number of amides is 1. The Bertz CT molecular complexity index is 1150. The molecule has 0 saturated carbocycles. The van der Waals surface area contributed by atoms with E-state index in [1.54, 1.807) is 36.8 Å². The molecule has 0 unspecified atom stereocenters. The number of aromatic nitrogens is 4. The van der Waals surface area contributed by atoms with Crippen LogP contribution in [0.5, 0.6) is 0 Å². The van der Waals surface area contributed by atoms with Gasteiger partial charge in [0.15, 0.2) is 5.69 Å². The molecule has 1 amide bonds. The average Bonchev–Trinajstić information content (AvgIpc) is 3.44. The van der Waals surface area contributed by atoms with Gasteiger partial charge >= 0.3 is 6.18 Å². The van der Waals surface area contributed by atoms with Gasteiger partial charge in [-0.1, -0.05) is 18.2 Å². The summed E-state index contributed by atoms with van der Waals surface area (Å²) in [5, 5.41) is 6.38. The van der Waals surface area contributed by atoms with Gasteiger partial charge in [0.25, 0.3) is 5.91 Å². The van der Waals surface area contributed by atoms with Crippen LogP contribution >= 0.6 is 0 Å². The van der Waals surface area contributed by atoms with Crippen LogP contribution in [0.3, 0.4) is 0 Å². The molecule has 0 bridgehead atoms. The summed E-state index contributed by atoms with van der Waals surface area (Å²) in [4.78, 5) is 16.5. The molecule has 2 aromatic carbocycles. The van der Waals surface area contributed by atoms with Gasteiger partial charge < -0.3 is 9.88 Å². The average molecular weight is 411 g/mol. The summed E-state index contributed by atoms with van der Waals surface area (Å²) in [6.45, 7) is 0.309. The van der Waals surface area contributed by atoms with Crippen molar-refractivity contribution in [2.45, 2.75) is 12.7 Å². The summed E-state index contributed by atoms with van der Waals surface area (Å²) in [5.74, 6) is -0.293. The minimum absolute atomic E-state index is 0.293. The summed E-state index contributed by atoms with van der Waals surface area (Å²) in [6.07, 6.45) is 1.90. The topological polar surface area (TPSA) is 64.7 Å². The number of rotatable bonds is 5. The van der Waals surface area contributed by atoms with Crippen LogP contribution in [0, 0.1) is 0 Å². The van der Waals surface area contributed by atoms with Gasteiger partial charge in [-0.15, -0.1) is 0 Å². The molecular weight excluding hydrogens is 395 g/mol. The first-order valence-corrected chi connectivity index (χ1v) is 8.99. The van der Waals surface area contributed by atoms with Gasteiger partial charge in [-0.05, 0) is 42.0 Å². The molecular formula is C21H16F3N5O. The van der Waals surface area contributed by atoms with Crippen LogP contribution in [0.1, 0.15) is 21.6 Å². The van der Waals surface area contributed by atoms with Gasteiger partial charge in [0.1, 0.15) is 0 Å². The standard InChI is InChI=1S/C21H16F3N5O/c22-21(23,24)19-9-11-29(27-19)17-7-5-15(6-8-17)20(30)26-13-16-3-1-2-4-18(16)28-12-10-25-14-28/h1-12,14H,13H2,(H,26,30). The largest absolute Gasteiger partial charge is 0.435 e. The Labute approximate surface area is 169 Å². The molecule has 6 nitrogen and oxygen atoms in total. The molecule has 152 valence electrons. The molecule has 30 heavy (non-hydrogen) atoms. The minimum Gasteiger partial charge on any atom is -0.348 e. The third-order valence-corrected chi connectivity index (χ3v) is 4.49. The highest BCUT2D eigenvalue weighted by molar-refractivity contribution is 5.94. The van der Waals surface area contributed by atoms with Crippen molar-refractivity contribution in [3.63, 3.8) is 0 Å². The van der Waals surface area contributed by atoms with E-state index >= 15 is 0 Å². The van der Waals surface area contributed by atoms with Gasteiger partial charge in [-0.3, -0.25) is 4.79 Å². The lowest BCUT2D eigenvalue weighted by atomic mass is 10.1. The van der Waals surface area contributed by atoms with Crippen LogP contribution in [0.15, 0.2) is 79.5 Å². The molecule has 0 aliphatic heterocycles. The number of benzene rings is 2. The van der Waals surface area contributed by atoms with E-state index in [-0.39, 0.29) is 5.91 Å². The maximum atomic E-state index is 12.7. The van der Waals surface area contributed by atoms with Crippen LogP contribution in [0.25, 0.3) is 11.4 Å². The number of hydrogen-bond donors (Lipinski definition) is 1. The maximum absolute atomic E-state index is 12.7. The highest BCUT2D eigenvalue weighted by atomic mass is 19.4. The number of para-hydroxylation sites is 1. The van der Waals surface area contributed by atoms with Gasteiger partial charge in [-0.25, -0.2) is 9.67 Å². The van der Waals surface area contributed by atoms with E-state index in [2.05, 4.69) is 15.4 Å². The molecule has 0 aliphatic carbocycles. The number of halogens is 3. The molecule has 2 aromatic heterocycles. The van der Waals surface area contributed by atoms with E-state index in [1.165, 1.54) is 6.20 Å². The number of carbonyl (C=O) groups excluding carboxylic acids is 1. The molecule has 9 heteroatoms. The summed E-state index contributed by atoms with van der Waals surface area (Å²) in [6, 6.07) is 14.7. The van der Waals surface area contributed by atoms with E-state index in [0.29, 0.717) is 17.8 Å². The van der Waals surface area contributed by atoms with Crippen LogP contribution in [0.2, 0.25) is 0 Å². The summed E-state index contributed by atoms with van der Waals surface area (Å²) < 4.78 is 41.1. The fraction of sp³-hybridized carbons (Fsp3) is 0.0952. The Morgan fingerprint density at radius 1 is 1.00 bits per heavy atom. The van der Waals surface area contributed by atoms with Crippen molar-refractivity contribution in [2.24, 2.45) is 0 Å². The zero-order valence-corrected chi connectivity index (χ0v) is 15.5. The Morgan fingerprint density at radius 3 is 2.43 bits per heavy atom. The first kappa shape index (κ1) is 19.4. The fourth-order valence-electron chi connectivity index (χ4n) is 2.98. The van der Waals surface area contributed by atoms with Gasteiger partial charge in [0, 0.05) is 30.7 Å². The Hall–Kier alpha value is -3.88. The number of nitrogens with one attached hydrogen (secondary N) is 1. The van der Waals surface area contributed by atoms with Crippen molar-refractivity contribution in [1.82, 2.24) is 24.6 Å². The van der Waals surface area contributed by atoms with Gasteiger partial charge in [0.05, 0.1) is 17.7 Å². The van der Waals surface area contributed by atoms with E-state index < -0.39 is 11.9 Å². The normalized spacial score (nSPS) is 11.4. The van der Waals surface area contributed by atoms with Crippen molar-refractivity contribution in [2.75, 3.05) is 0 Å². The van der Waals surface area contributed by atoms with Crippen LogP contribution in [0.4, 0.5) is 13.2 Å². The fourth-order valence-corrected chi connectivity index (χ4v) is 2.98. The number of imidazole rings is 1. The first-order valence-electron chi connectivity index (χ1n) is 8.99. The maximum Gasteiger partial charge on any atom is 0.435 e. The van der Waals surface area contributed by atoms with Crippen molar-refractivity contribution in [1.29, 1.82) is 0 Å². The van der Waals surface area contributed by atoms with Crippen molar-refractivity contribution >= 4 is 5.91 Å². The molecule has 0 aliphatic rings. The second-order valence-electron chi connectivity index (χ2n) is 6.47. The predicted molar refractivity (Wildman–Crippen MR) is 103 cm³/mol. The van der Waals surface area contributed by atoms with Crippen molar-refractivity contribution < 1.29 is 18.0 Å². The molecule has 1 N–H and O–H groups in total.